The van der Waals surface area contributed by atoms with Crippen molar-refractivity contribution in [1.29, 1.82) is 0 Å². The van der Waals surface area contributed by atoms with Crippen molar-refractivity contribution in [3.05, 3.63) is 71.0 Å². The van der Waals surface area contributed by atoms with Crippen molar-refractivity contribution >= 4 is 35.8 Å². The van der Waals surface area contributed by atoms with Crippen LogP contribution < -0.4 is 16.0 Å². The summed E-state index contributed by atoms with van der Waals surface area (Å²) in [6.07, 6.45) is 0. The summed E-state index contributed by atoms with van der Waals surface area (Å²) in [6.45, 7) is 7.80. The second kappa shape index (κ2) is 11.7. The minimum absolute atomic E-state index is 0. The van der Waals surface area contributed by atoms with Crippen LogP contribution in [0.4, 0.5) is 4.39 Å². The average Bonchev–Trinajstić information content (AvgIpc) is 2.68. The number of carbonyl (C=O) groups excluding carboxylic acids is 1. The standard InChI is InChI=1S/C22H29FN4O.HI/c1-5-25-20(28)17-11-9-16(10-12-17)14-26-21(24-4)27-15-22(2,3)18-7-6-8-19(23)13-18;/h6-13H,5,14-15H2,1-4H3,(H,25,28)(H2,24,26,27);1H. The number of amides is 1. The zero-order chi connectivity index (χ0) is 20.6. The maximum Gasteiger partial charge on any atom is 0.251 e. The minimum atomic E-state index is -0.256. The largest absolute Gasteiger partial charge is 0.356 e. The Morgan fingerprint density at radius 3 is 2.34 bits per heavy atom. The fraction of sp³-hybridized carbons (Fsp3) is 0.364. The van der Waals surface area contributed by atoms with Gasteiger partial charge in [-0.3, -0.25) is 9.79 Å². The Morgan fingerprint density at radius 1 is 1.07 bits per heavy atom. The molecular weight excluding hydrogens is 482 g/mol. The minimum Gasteiger partial charge on any atom is -0.356 e. The van der Waals surface area contributed by atoms with Crippen LogP contribution in [0.1, 0.15) is 42.3 Å². The van der Waals surface area contributed by atoms with E-state index < -0.39 is 0 Å². The fourth-order valence-electron chi connectivity index (χ4n) is 2.76. The molecule has 0 bridgehead atoms. The summed E-state index contributed by atoms with van der Waals surface area (Å²) < 4.78 is 13.5. The smallest absolute Gasteiger partial charge is 0.251 e. The Bertz CT molecular complexity index is 822. The molecule has 0 atom stereocenters. The van der Waals surface area contributed by atoms with Crippen LogP contribution in [-0.2, 0) is 12.0 Å². The molecule has 0 radical (unpaired) electrons. The molecule has 2 aromatic carbocycles. The topological polar surface area (TPSA) is 65.5 Å². The summed E-state index contributed by atoms with van der Waals surface area (Å²) in [7, 11) is 1.71. The van der Waals surface area contributed by atoms with Gasteiger partial charge in [0, 0.05) is 37.7 Å². The van der Waals surface area contributed by atoms with Crippen LogP contribution in [0.5, 0.6) is 0 Å². The van der Waals surface area contributed by atoms with Gasteiger partial charge < -0.3 is 16.0 Å². The molecule has 0 heterocycles. The molecule has 0 aliphatic heterocycles. The van der Waals surface area contributed by atoms with Crippen LogP contribution in [-0.4, -0.2) is 32.0 Å². The van der Waals surface area contributed by atoms with Gasteiger partial charge in [-0.05, 0) is 42.3 Å². The van der Waals surface area contributed by atoms with E-state index in [2.05, 4.69) is 34.8 Å². The highest BCUT2D eigenvalue weighted by Crippen LogP contribution is 2.22. The first-order chi connectivity index (χ1) is 13.4. The van der Waals surface area contributed by atoms with E-state index in [-0.39, 0.29) is 41.1 Å². The third kappa shape index (κ3) is 7.64. The summed E-state index contributed by atoms with van der Waals surface area (Å²) in [5.74, 6) is 0.362. The van der Waals surface area contributed by atoms with E-state index in [1.54, 1.807) is 19.2 Å². The zero-order valence-electron chi connectivity index (χ0n) is 17.4. The van der Waals surface area contributed by atoms with Gasteiger partial charge in [0.1, 0.15) is 5.82 Å². The molecule has 0 spiro atoms. The van der Waals surface area contributed by atoms with E-state index in [1.165, 1.54) is 6.07 Å². The first-order valence-corrected chi connectivity index (χ1v) is 9.43. The first-order valence-electron chi connectivity index (χ1n) is 9.43. The van der Waals surface area contributed by atoms with Crippen molar-refractivity contribution in [1.82, 2.24) is 16.0 Å². The first kappa shape index (κ1) is 24.9. The normalized spacial score (nSPS) is 11.4. The maximum absolute atomic E-state index is 13.5. The van der Waals surface area contributed by atoms with Gasteiger partial charge in [0.15, 0.2) is 5.96 Å². The van der Waals surface area contributed by atoms with Gasteiger partial charge in [-0.25, -0.2) is 4.39 Å². The van der Waals surface area contributed by atoms with Gasteiger partial charge >= 0.3 is 0 Å². The third-order valence-electron chi connectivity index (χ3n) is 4.54. The van der Waals surface area contributed by atoms with Gasteiger partial charge in [-0.2, -0.15) is 0 Å². The van der Waals surface area contributed by atoms with E-state index in [4.69, 9.17) is 0 Å². The summed E-state index contributed by atoms with van der Waals surface area (Å²) >= 11 is 0. The second-order valence-corrected chi connectivity index (χ2v) is 7.23. The predicted molar refractivity (Wildman–Crippen MR) is 127 cm³/mol. The molecule has 0 saturated carbocycles. The van der Waals surface area contributed by atoms with Crippen molar-refractivity contribution in [2.45, 2.75) is 32.7 Å². The molecule has 7 heteroatoms. The van der Waals surface area contributed by atoms with Crippen LogP contribution >= 0.6 is 24.0 Å². The highest BCUT2D eigenvalue weighted by atomic mass is 127. The summed E-state index contributed by atoms with van der Waals surface area (Å²) in [5, 5.41) is 9.34. The number of halogens is 2. The molecule has 0 saturated heterocycles. The lowest BCUT2D eigenvalue weighted by atomic mass is 9.84. The monoisotopic (exact) mass is 512 g/mol. The van der Waals surface area contributed by atoms with Crippen molar-refractivity contribution in [3.63, 3.8) is 0 Å². The fourth-order valence-corrected chi connectivity index (χ4v) is 2.76. The highest BCUT2D eigenvalue weighted by Gasteiger charge is 2.21. The van der Waals surface area contributed by atoms with Crippen LogP contribution in [0.2, 0.25) is 0 Å². The Hall–Kier alpha value is -2.16. The molecule has 0 aromatic heterocycles. The summed E-state index contributed by atoms with van der Waals surface area (Å²) in [5.41, 5.74) is 2.36. The zero-order valence-corrected chi connectivity index (χ0v) is 19.7. The Kier molecular flexibility index (Phi) is 10.1. The lowest BCUT2D eigenvalue weighted by Gasteiger charge is -2.27. The summed E-state index contributed by atoms with van der Waals surface area (Å²) in [6, 6.07) is 14.1. The van der Waals surface area contributed by atoms with E-state index in [1.807, 2.05) is 37.3 Å². The van der Waals surface area contributed by atoms with Gasteiger partial charge in [0.25, 0.3) is 5.91 Å². The number of nitrogens with zero attached hydrogens (tertiary/aromatic N) is 1. The molecule has 0 aliphatic rings. The third-order valence-corrected chi connectivity index (χ3v) is 4.54. The number of hydrogen-bond donors (Lipinski definition) is 3. The highest BCUT2D eigenvalue weighted by molar-refractivity contribution is 14.0. The second-order valence-electron chi connectivity index (χ2n) is 7.23. The Morgan fingerprint density at radius 2 is 1.76 bits per heavy atom. The number of benzene rings is 2. The van der Waals surface area contributed by atoms with Gasteiger partial charge in [-0.15, -0.1) is 24.0 Å². The van der Waals surface area contributed by atoms with Gasteiger partial charge in [0.05, 0.1) is 0 Å². The number of nitrogens with one attached hydrogen (secondary N) is 3. The molecule has 2 rings (SSSR count). The molecule has 0 aliphatic carbocycles. The Balaban J connectivity index is 0.00000420. The maximum atomic E-state index is 13.5. The van der Waals surface area contributed by atoms with Crippen LogP contribution in [0.3, 0.4) is 0 Å². The lowest BCUT2D eigenvalue weighted by Crippen LogP contribution is -2.43. The molecule has 0 fully saturated rings. The molecule has 29 heavy (non-hydrogen) atoms. The number of carbonyl (C=O) groups is 1. The predicted octanol–water partition coefficient (Wildman–Crippen LogP) is 3.84. The van der Waals surface area contributed by atoms with E-state index >= 15 is 0 Å². The van der Waals surface area contributed by atoms with E-state index in [0.717, 1.165) is 11.1 Å². The molecule has 158 valence electrons. The van der Waals surface area contributed by atoms with Crippen LogP contribution in [0.15, 0.2) is 53.5 Å². The van der Waals surface area contributed by atoms with Gasteiger partial charge in [-0.1, -0.05) is 38.1 Å². The van der Waals surface area contributed by atoms with Crippen molar-refractivity contribution in [2.24, 2.45) is 4.99 Å². The van der Waals surface area contributed by atoms with Crippen LogP contribution in [0.25, 0.3) is 0 Å². The van der Waals surface area contributed by atoms with Crippen molar-refractivity contribution < 1.29 is 9.18 Å². The van der Waals surface area contributed by atoms with Crippen molar-refractivity contribution in [2.75, 3.05) is 20.1 Å². The number of rotatable bonds is 7. The number of guanidine groups is 1. The van der Waals surface area contributed by atoms with Gasteiger partial charge in [0.2, 0.25) is 0 Å². The molecule has 2 aromatic rings. The molecular formula is C22H30FIN4O. The number of hydrogen-bond acceptors (Lipinski definition) is 2. The quantitative estimate of drug-likeness (QED) is 0.300. The molecule has 3 N–H and O–H groups in total. The summed E-state index contributed by atoms with van der Waals surface area (Å²) in [4.78, 5) is 16.1. The van der Waals surface area contributed by atoms with Crippen LogP contribution in [0, 0.1) is 5.82 Å². The SMILES string of the molecule is CCNC(=O)c1ccc(CNC(=NC)NCC(C)(C)c2cccc(F)c2)cc1.I. The average molecular weight is 512 g/mol. The molecule has 5 nitrogen and oxygen atoms in total. The van der Waals surface area contributed by atoms with E-state index in [9.17, 15) is 9.18 Å². The number of aliphatic imine (C=N–C) groups is 1. The molecule has 1 amide bonds. The lowest BCUT2D eigenvalue weighted by molar-refractivity contribution is 0.0956. The van der Waals surface area contributed by atoms with Crippen molar-refractivity contribution in [3.8, 4) is 0 Å². The molecule has 0 unspecified atom stereocenters. The van der Waals surface area contributed by atoms with E-state index in [0.29, 0.717) is 31.2 Å². The Labute approximate surface area is 189 Å².